The predicted octanol–water partition coefficient (Wildman–Crippen LogP) is 14.7. The largest absolute Gasteiger partial charge is 0.309 e. The number of rotatable bonds is 3. The number of para-hydroxylation sites is 1. The minimum absolute atomic E-state index is 0.00247. The van der Waals surface area contributed by atoms with E-state index in [1.807, 2.05) is 22.7 Å². The topological polar surface area (TPSA) is 4.93 Å². The van der Waals surface area contributed by atoms with E-state index in [1.165, 1.54) is 107 Å². The van der Waals surface area contributed by atoms with Gasteiger partial charge in [-0.15, -0.1) is 22.7 Å². The summed E-state index contributed by atoms with van der Waals surface area (Å²) in [5.74, 6) is 0. The van der Waals surface area contributed by atoms with E-state index in [0.717, 1.165) is 0 Å². The summed E-state index contributed by atoms with van der Waals surface area (Å²) in [6.07, 6.45) is 0. The van der Waals surface area contributed by atoms with E-state index >= 15 is 0 Å². The van der Waals surface area contributed by atoms with E-state index in [-0.39, 0.29) is 26.1 Å². The monoisotopic (exact) mass is 837 g/mol. The third kappa shape index (κ3) is 4.33. The van der Waals surface area contributed by atoms with Crippen molar-refractivity contribution in [3.63, 3.8) is 0 Å². The van der Waals surface area contributed by atoms with E-state index in [2.05, 4.69) is 174 Å². The molecule has 0 fully saturated rings. The van der Waals surface area contributed by atoms with E-state index in [9.17, 15) is 0 Å². The van der Waals surface area contributed by atoms with Gasteiger partial charge >= 0.3 is 0 Å². The molecule has 0 spiro atoms. The number of thiophene rings is 2. The number of aromatic nitrogens is 1. The molecule has 4 heteroatoms. The summed E-state index contributed by atoms with van der Waals surface area (Å²) in [7, 11) is 0. The molecule has 1 aliphatic heterocycles. The molecule has 1 nitrogen and oxygen atoms in total. The Balaban J connectivity index is 1.06. The molecule has 4 heterocycles. The van der Waals surface area contributed by atoms with Crippen molar-refractivity contribution >= 4 is 105 Å². The first-order valence-corrected chi connectivity index (χ1v) is 22.4. The third-order valence-electron chi connectivity index (χ3n) is 11.8. The normalized spacial score (nSPS) is 14.6. The zero-order valence-corrected chi connectivity index (χ0v) is 33.4. The number of hydrogen-bond donors (Lipinski definition) is 0. The lowest BCUT2D eigenvalue weighted by molar-refractivity contribution is 0.666. The van der Waals surface area contributed by atoms with E-state index in [4.69, 9.17) is 0 Å². The number of halogens is 1. The van der Waals surface area contributed by atoms with Gasteiger partial charge in [0.15, 0.2) is 0 Å². The Hall–Kier alpha value is -5.14. The van der Waals surface area contributed by atoms with Crippen LogP contribution in [0.5, 0.6) is 0 Å². The molecule has 0 saturated heterocycles. The smallest absolute Gasteiger partial charge is 0.0541 e. The van der Waals surface area contributed by atoms with Crippen molar-refractivity contribution in [3.8, 4) is 27.9 Å². The Bertz CT molecular complexity index is 3300. The van der Waals surface area contributed by atoms with Crippen molar-refractivity contribution < 1.29 is 0 Å². The van der Waals surface area contributed by atoms with Crippen LogP contribution in [0.15, 0.2) is 157 Å². The Morgan fingerprint density at radius 2 is 1.17 bits per heavy atom. The van der Waals surface area contributed by atoms with Gasteiger partial charge in [0.2, 0.25) is 0 Å². The molecule has 12 rings (SSSR count). The molecular weight excluding hydrogens is 806 g/mol. The zero-order valence-electron chi connectivity index (χ0n) is 29.7. The van der Waals surface area contributed by atoms with Gasteiger partial charge in [-0.05, 0) is 97.6 Å². The first kappa shape index (κ1) is 31.2. The van der Waals surface area contributed by atoms with Crippen molar-refractivity contribution in [1.82, 2.24) is 4.57 Å². The molecule has 10 aromatic rings. The van der Waals surface area contributed by atoms with Crippen molar-refractivity contribution in [2.24, 2.45) is 0 Å². The molecular formula is C50H32INS2. The fraction of sp³-hybridized carbons (Fsp3) is 0.0600. The summed E-state index contributed by atoms with van der Waals surface area (Å²) in [4.78, 5) is 1.51. The Labute approximate surface area is 331 Å². The average molecular weight is 838 g/mol. The molecule has 7 aromatic carbocycles. The number of allylic oxidation sites excluding steroid dienone is 1. The van der Waals surface area contributed by atoms with Gasteiger partial charge in [-0.2, -0.15) is 0 Å². The number of hydrogen-bond acceptors (Lipinski definition) is 2. The molecule has 54 heavy (non-hydrogen) atoms. The second-order valence-electron chi connectivity index (χ2n) is 15.0. The Kier molecular flexibility index (Phi) is 6.62. The highest BCUT2D eigenvalue weighted by atomic mass is 127. The highest BCUT2D eigenvalue weighted by Crippen LogP contribution is 2.55. The minimum Gasteiger partial charge on any atom is -0.309 e. The van der Waals surface area contributed by atoms with Crippen LogP contribution < -0.4 is 0 Å². The van der Waals surface area contributed by atoms with Crippen molar-refractivity contribution in [2.75, 3.05) is 0 Å². The average Bonchev–Trinajstić information content (AvgIpc) is 3.94. The van der Waals surface area contributed by atoms with Crippen LogP contribution in [0.3, 0.4) is 0 Å². The summed E-state index contributed by atoms with van der Waals surface area (Å²) < 4.78 is 10.8. The zero-order chi connectivity index (χ0) is 35.7. The van der Waals surface area contributed by atoms with Crippen LogP contribution in [0.1, 0.15) is 29.9 Å². The van der Waals surface area contributed by atoms with Gasteiger partial charge in [0.05, 0.1) is 11.0 Å². The van der Waals surface area contributed by atoms with Gasteiger partial charge < -0.3 is 4.57 Å². The van der Waals surface area contributed by atoms with Gasteiger partial charge in [-0.1, -0.05) is 132 Å². The van der Waals surface area contributed by atoms with Crippen LogP contribution in [-0.4, -0.2) is 8.58 Å². The second kappa shape index (κ2) is 11.4. The lowest BCUT2D eigenvalue weighted by Gasteiger charge is -2.23. The van der Waals surface area contributed by atoms with E-state index in [1.54, 1.807) is 3.57 Å². The Morgan fingerprint density at radius 1 is 0.519 bits per heavy atom. The number of fused-ring (bicyclic) bond motifs is 12. The Morgan fingerprint density at radius 3 is 1.98 bits per heavy atom. The summed E-state index contributed by atoms with van der Waals surface area (Å²) in [5.41, 5.74) is 14.6. The van der Waals surface area contributed by atoms with Gasteiger partial charge in [0.25, 0.3) is 0 Å². The van der Waals surface area contributed by atoms with Crippen molar-refractivity contribution in [2.45, 2.75) is 19.3 Å². The van der Waals surface area contributed by atoms with Gasteiger partial charge in [0.1, 0.15) is 0 Å². The summed E-state index contributed by atoms with van der Waals surface area (Å²) >= 11 is 3.71. The van der Waals surface area contributed by atoms with Crippen LogP contribution in [0.4, 0.5) is 0 Å². The van der Waals surface area contributed by atoms with Crippen LogP contribution in [-0.2, 0) is 5.41 Å². The quantitative estimate of drug-likeness (QED) is 0.156. The molecule has 0 N–H and O–H groups in total. The molecule has 3 aromatic heterocycles. The number of benzene rings is 7. The third-order valence-corrected chi connectivity index (χ3v) is 17.2. The molecule has 0 amide bonds. The molecule has 0 saturated carbocycles. The van der Waals surface area contributed by atoms with Crippen LogP contribution in [0, 0.1) is 3.57 Å². The maximum absolute atomic E-state index is 2.62. The molecule has 0 atom stereocenters. The predicted molar refractivity (Wildman–Crippen MR) is 244 cm³/mol. The molecule has 1 aliphatic carbocycles. The highest BCUT2D eigenvalue weighted by molar-refractivity contribution is 14.2. The molecule has 256 valence electrons. The van der Waals surface area contributed by atoms with Gasteiger partial charge in [0, 0.05) is 66.2 Å². The summed E-state index contributed by atoms with van der Waals surface area (Å²) in [5, 5.41) is 6.68. The highest BCUT2D eigenvalue weighted by Gasteiger charge is 2.40. The lowest BCUT2D eigenvalue weighted by Crippen LogP contribution is -2.18. The lowest BCUT2D eigenvalue weighted by atomic mass is 9.81. The fourth-order valence-corrected chi connectivity index (χ4v) is 15.4. The molecule has 0 unspecified atom stereocenters. The fourth-order valence-electron chi connectivity index (χ4n) is 9.11. The molecule has 0 bridgehead atoms. The van der Waals surface area contributed by atoms with E-state index < -0.39 is 0 Å². The first-order chi connectivity index (χ1) is 26.5. The second-order valence-corrected chi connectivity index (χ2v) is 19.5. The van der Waals surface area contributed by atoms with E-state index in [0.29, 0.717) is 0 Å². The van der Waals surface area contributed by atoms with Crippen molar-refractivity contribution in [3.05, 3.63) is 177 Å². The minimum atomic E-state index is -0.185. The summed E-state index contributed by atoms with van der Waals surface area (Å²) in [6.45, 7) is 4.85. The van der Waals surface area contributed by atoms with Gasteiger partial charge in [-0.3, -0.25) is 0 Å². The standard InChI is InChI=1S/C50H32INS2/c1-50(2)40-22-19-29(26-39(40)46-41(50)28-51-47-36-14-7-9-18-45(36)54-49(46)47)30-20-23-42-37(25-30)38-27-31(21-24-43(38)52(42)32-11-4-3-5-12-32)33-15-10-16-35-34-13-6-8-17-44(34)53-48(33)35/h3-28H,1-2H3. The molecule has 0 radical (unpaired) electrons. The summed E-state index contributed by atoms with van der Waals surface area (Å²) in [6, 6.07) is 56.9. The SMILES string of the molecule is CC1(C)C2=C(c3cc(-c4ccc5c(c4)c4cc(-c6cccc7c6sc6ccccc67)ccc4n5-c4ccccc4)ccc31)c1sc3ccccc3c1I=C2. The van der Waals surface area contributed by atoms with Crippen LogP contribution >= 0.6 is 43.4 Å². The van der Waals surface area contributed by atoms with Crippen LogP contribution in [0.2, 0.25) is 0 Å². The number of nitrogens with zero attached hydrogens (tertiary/aromatic N) is 1. The van der Waals surface area contributed by atoms with Crippen LogP contribution in [0.25, 0.3) is 85.6 Å². The van der Waals surface area contributed by atoms with Gasteiger partial charge in [-0.25, -0.2) is 0 Å². The first-order valence-electron chi connectivity index (χ1n) is 18.5. The maximum Gasteiger partial charge on any atom is 0.0541 e. The van der Waals surface area contributed by atoms with Crippen molar-refractivity contribution in [1.29, 1.82) is 0 Å². The maximum atomic E-state index is 2.62. The molecule has 2 aliphatic rings.